The van der Waals surface area contributed by atoms with Gasteiger partial charge in [-0.2, -0.15) is 0 Å². The largest absolute Gasteiger partial charge is 0.368 e. The quantitative estimate of drug-likeness (QED) is 0.883. The van der Waals surface area contributed by atoms with Crippen LogP contribution in [0.15, 0.2) is 18.2 Å². The molecule has 0 bridgehead atoms. The number of carbonyl (C=O) groups is 1. The van der Waals surface area contributed by atoms with Gasteiger partial charge in [0.05, 0.1) is 10.2 Å². The minimum absolute atomic E-state index is 0.0583. The lowest BCUT2D eigenvalue weighted by Gasteiger charge is -2.31. The fraction of sp³-hybridized carbons (Fsp3) is 0.556. The van der Waals surface area contributed by atoms with Gasteiger partial charge in [0, 0.05) is 31.3 Å². The van der Waals surface area contributed by atoms with Crippen molar-refractivity contribution < 1.29 is 9.53 Å². The number of rotatable bonds is 4. The minimum atomic E-state index is -0.227. The number of carbonyl (C=O) groups excluding carboxylic acids is 1. The van der Waals surface area contributed by atoms with E-state index in [0.29, 0.717) is 12.5 Å². The Hall–Kier alpha value is -1.37. The Morgan fingerprint density at radius 1 is 1.36 bits per heavy atom. The Labute approximate surface area is 156 Å². The van der Waals surface area contributed by atoms with Crippen molar-refractivity contribution in [1.82, 2.24) is 10.3 Å². The molecule has 2 aromatic rings. The third kappa shape index (κ3) is 3.91. The van der Waals surface area contributed by atoms with Gasteiger partial charge in [-0.3, -0.25) is 4.79 Å². The molecule has 3 heterocycles. The molecule has 1 atom stereocenters. The first kappa shape index (κ1) is 17.1. The molecule has 0 spiro atoms. The van der Waals surface area contributed by atoms with Gasteiger partial charge in [-0.25, -0.2) is 4.98 Å². The van der Waals surface area contributed by atoms with Crippen molar-refractivity contribution in [2.45, 2.75) is 31.8 Å². The van der Waals surface area contributed by atoms with Gasteiger partial charge in [-0.15, -0.1) is 0 Å². The summed E-state index contributed by atoms with van der Waals surface area (Å²) in [4.78, 5) is 19.1. The molecule has 2 fully saturated rings. The summed E-state index contributed by atoms with van der Waals surface area (Å²) in [5.41, 5.74) is 1.01. The van der Waals surface area contributed by atoms with Crippen LogP contribution in [-0.2, 0) is 9.53 Å². The van der Waals surface area contributed by atoms with Crippen molar-refractivity contribution in [3.63, 3.8) is 0 Å². The van der Waals surface area contributed by atoms with Gasteiger partial charge in [-0.05, 0) is 49.8 Å². The second-order valence-corrected chi connectivity index (χ2v) is 8.23. The van der Waals surface area contributed by atoms with Crippen LogP contribution in [0, 0.1) is 5.92 Å². The average molecular weight is 380 g/mol. The molecule has 2 saturated heterocycles. The highest BCUT2D eigenvalue weighted by Gasteiger charge is 2.26. The molecule has 7 heteroatoms. The molecular weight excluding hydrogens is 358 g/mol. The number of amides is 1. The second-order valence-electron chi connectivity index (χ2n) is 6.79. The Morgan fingerprint density at radius 2 is 2.20 bits per heavy atom. The Bertz CT molecular complexity index is 752. The molecule has 1 aromatic heterocycles. The normalized spacial score (nSPS) is 21.8. The predicted molar refractivity (Wildman–Crippen MR) is 102 cm³/mol. The van der Waals surface area contributed by atoms with E-state index in [-0.39, 0.29) is 12.0 Å². The van der Waals surface area contributed by atoms with Crippen molar-refractivity contribution in [2.75, 3.05) is 31.1 Å². The van der Waals surface area contributed by atoms with Gasteiger partial charge in [0.2, 0.25) is 5.91 Å². The third-order valence-electron chi connectivity index (χ3n) is 5.01. The van der Waals surface area contributed by atoms with Gasteiger partial charge < -0.3 is 15.0 Å². The fourth-order valence-corrected chi connectivity index (χ4v) is 4.79. The van der Waals surface area contributed by atoms with Crippen LogP contribution in [0.3, 0.4) is 0 Å². The van der Waals surface area contributed by atoms with E-state index < -0.39 is 0 Å². The van der Waals surface area contributed by atoms with Crippen molar-refractivity contribution in [3.05, 3.63) is 23.2 Å². The summed E-state index contributed by atoms with van der Waals surface area (Å²) in [6, 6.07) is 5.84. The highest BCUT2D eigenvalue weighted by atomic mass is 35.5. The highest BCUT2D eigenvalue weighted by molar-refractivity contribution is 7.22. The second kappa shape index (κ2) is 7.48. The summed E-state index contributed by atoms with van der Waals surface area (Å²) in [7, 11) is 0. The molecule has 0 saturated carbocycles. The lowest BCUT2D eigenvalue weighted by atomic mass is 9.97. The summed E-state index contributed by atoms with van der Waals surface area (Å²) in [5.74, 6) is 0.591. The van der Waals surface area contributed by atoms with Crippen molar-refractivity contribution >= 4 is 44.2 Å². The first-order valence-electron chi connectivity index (χ1n) is 8.89. The van der Waals surface area contributed by atoms with E-state index in [1.54, 1.807) is 11.3 Å². The zero-order valence-electron chi connectivity index (χ0n) is 14.0. The summed E-state index contributed by atoms with van der Waals surface area (Å²) < 4.78 is 6.56. The number of thiazole rings is 1. The lowest BCUT2D eigenvalue weighted by molar-refractivity contribution is -0.130. The van der Waals surface area contributed by atoms with Crippen LogP contribution in [0.25, 0.3) is 10.2 Å². The molecule has 1 amide bonds. The zero-order valence-corrected chi connectivity index (χ0v) is 15.6. The molecule has 1 N–H and O–H groups in total. The summed E-state index contributed by atoms with van der Waals surface area (Å²) in [6.07, 6.45) is 3.76. The topological polar surface area (TPSA) is 54.5 Å². The van der Waals surface area contributed by atoms with E-state index in [0.717, 1.165) is 65.7 Å². The predicted octanol–water partition coefficient (Wildman–Crippen LogP) is 3.46. The molecule has 0 aliphatic carbocycles. The number of piperidine rings is 1. The van der Waals surface area contributed by atoms with Gasteiger partial charge in [0.25, 0.3) is 0 Å². The number of halogens is 1. The van der Waals surface area contributed by atoms with Crippen molar-refractivity contribution in [2.24, 2.45) is 5.92 Å². The lowest BCUT2D eigenvalue weighted by Crippen LogP contribution is -2.41. The number of benzene rings is 1. The van der Waals surface area contributed by atoms with Crippen LogP contribution in [0.5, 0.6) is 0 Å². The SMILES string of the molecule is O=C(NCC1CCN(c2nc3ccc(Cl)cc3s2)CC1)[C@H]1CCCO1. The van der Waals surface area contributed by atoms with E-state index in [1.165, 1.54) is 0 Å². The molecule has 0 radical (unpaired) electrons. The monoisotopic (exact) mass is 379 g/mol. The molecule has 5 nitrogen and oxygen atoms in total. The molecule has 0 unspecified atom stereocenters. The van der Waals surface area contributed by atoms with Gasteiger partial charge >= 0.3 is 0 Å². The zero-order chi connectivity index (χ0) is 17.2. The highest BCUT2D eigenvalue weighted by Crippen LogP contribution is 2.32. The number of hydrogen-bond acceptors (Lipinski definition) is 5. The van der Waals surface area contributed by atoms with E-state index >= 15 is 0 Å². The van der Waals surface area contributed by atoms with Crippen LogP contribution >= 0.6 is 22.9 Å². The maximum Gasteiger partial charge on any atom is 0.249 e. The van der Waals surface area contributed by atoms with E-state index in [9.17, 15) is 4.79 Å². The van der Waals surface area contributed by atoms with Crippen molar-refractivity contribution in [3.8, 4) is 0 Å². The number of fused-ring (bicyclic) bond motifs is 1. The van der Waals surface area contributed by atoms with Crippen LogP contribution in [-0.4, -0.2) is 43.2 Å². The van der Waals surface area contributed by atoms with Crippen LogP contribution in [0.2, 0.25) is 5.02 Å². The van der Waals surface area contributed by atoms with E-state index in [2.05, 4.69) is 10.2 Å². The summed E-state index contributed by atoms with van der Waals surface area (Å²) >= 11 is 7.76. The van der Waals surface area contributed by atoms with E-state index in [1.807, 2.05) is 18.2 Å². The number of ether oxygens (including phenoxy) is 1. The fourth-order valence-electron chi connectivity index (χ4n) is 3.49. The van der Waals surface area contributed by atoms with Crippen LogP contribution in [0.4, 0.5) is 5.13 Å². The number of nitrogens with zero attached hydrogens (tertiary/aromatic N) is 2. The summed E-state index contributed by atoms with van der Waals surface area (Å²) in [6.45, 7) is 3.42. The number of aromatic nitrogens is 1. The molecule has 134 valence electrons. The standard InChI is InChI=1S/C18H22ClN3O2S/c19-13-3-4-14-16(10-13)25-18(21-14)22-7-5-12(6-8-22)11-20-17(23)15-2-1-9-24-15/h3-4,10,12,15H,1-2,5-9,11H2,(H,20,23)/t15-/m1/s1. The smallest absolute Gasteiger partial charge is 0.249 e. The van der Waals surface area contributed by atoms with Crippen LogP contribution in [0.1, 0.15) is 25.7 Å². The first-order chi connectivity index (χ1) is 12.2. The maximum absolute atomic E-state index is 12.0. The van der Waals surface area contributed by atoms with Gasteiger partial charge in [0.15, 0.2) is 5.13 Å². The average Bonchev–Trinajstić information content (AvgIpc) is 3.29. The first-order valence-corrected chi connectivity index (χ1v) is 10.1. The van der Waals surface area contributed by atoms with Gasteiger partial charge in [0.1, 0.15) is 6.10 Å². The Kier molecular flexibility index (Phi) is 5.10. The number of anilines is 1. The van der Waals surface area contributed by atoms with Gasteiger partial charge in [-0.1, -0.05) is 22.9 Å². The molecule has 2 aliphatic rings. The Morgan fingerprint density at radius 3 is 2.96 bits per heavy atom. The summed E-state index contributed by atoms with van der Waals surface area (Å²) in [5, 5.41) is 4.89. The molecule has 2 aliphatic heterocycles. The van der Waals surface area contributed by atoms with E-state index in [4.69, 9.17) is 21.3 Å². The third-order valence-corrected chi connectivity index (χ3v) is 6.33. The molecule has 4 rings (SSSR count). The van der Waals surface area contributed by atoms with Crippen molar-refractivity contribution in [1.29, 1.82) is 0 Å². The number of hydrogen-bond donors (Lipinski definition) is 1. The molecule has 25 heavy (non-hydrogen) atoms. The number of nitrogens with one attached hydrogen (secondary N) is 1. The molecule has 1 aromatic carbocycles. The molecular formula is C18H22ClN3O2S. The minimum Gasteiger partial charge on any atom is -0.368 e. The Balaban J connectivity index is 1.29. The maximum atomic E-state index is 12.0. The van der Waals surface area contributed by atoms with Crippen LogP contribution < -0.4 is 10.2 Å².